The standard InChI is InChI=1S/C13H28N2O5S/c14-11(8-10-4-2-1-3-5-10)13(18)12(17)9-21(19,20)15-6-7-16/h10-13,15-18H,1-9,14H2/t11-,12-,13+/m0/s1. The predicted octanol–water partition coefficient (Wildman–Crippen LogP) is -1.08. The van der Waals surface area contributed by atoms with Crippen LogP contribution in [0, 0.1) is 5.92 Å². The molecule has 0 spiro atoms. The van der Waals surface area contributed by atoms with E-state index in [0.29, 0.717) is 12.3 Å². The van der Waals surface area contributed by atoms with Crippen molar-refractivity contribution in [2.24, 2.45) is 11.7 Å². The summed E-state index contributed by atoms with van der Waals surface area (Å²) >= 11 is 0. The Balaban J connectivity index is 2.42. The van der Waals surface area contributed by atoms with Crippen LogP contribution in [0.15, 0.2) is 0 Å². The highest BCUT2D eigenvalue weighted by Crippen LogP contribution is 2.27. The first kappa shape index (κ1) is 18.8. The Hall–Kier alpha value is -0.250. The summed E-state index contributed by atoms with van der Waals surface area (Å²) in [7, 11) is -3.73. The van der Waals surface area contributed by atoms with Crippen LogP contribution in [0.1, 0.15) is 38.5 Å². The molecule has 0 aromatic carbocycles. The van der Waals surface area contributed by atoms with E-state index in [0.717, 1.165) is 25.7 Å². The zero-order valence-corrected chi connectivity index (χ0v) is 13.1. The highest BCUT2D eigenvalue weighted by atomic mass is 32.2. The third-order valence-corrected chi connectivity index (χ3v) is 5.41. The Labute approximate surface area is 126 Å². The van der Waals surface area contributed by atoms with E-state index in [1.165, 1.54) is 6.42 Å². The molecule has 126 valence electrons. The van der Waals surface area contributed by atoms with Gasteiger partial charge in [0.15, 0.2) is 0 Å². The van der Waals surface area contributed by atoms with Gasteiger partial charge in [0.25, 0.3) is 0 Å². The molecule has 0 radical (unpaired) electrons. The van der Waals surface area contributed by atoms with Crippen molar-refractivity contribution in [1.82, 2.24) is 4.72 Å². The summed E-state index contributed by atoms with van der Waals surface area (Å²) in [5.41, 5.74) is 5.90. The molecule has 0 bridgehead atoms. The molecular formula is C13H28N2O5S. The number of nitrogens with two attached hydrogens (primary N) is 1. The molecule has 6 N–H and O–H groups in total. The van der Waals surface area contributed by atoms with E-state index in [2.05, 4.69) is 4.72 Å². The van der Waals surface area contributed by atoms with Gasteiger partial charge in [0, 0.05) is 12.6 Å². The van der Waals surface area contributed by atoms with Crippen LogP contribution in [0.5, 0.6) is 0 Å². The van der Waals surface area contributed by atoms with E-state index in [4.69, 9.17) is 10.8 Å². The van der Waals surface area contributed by atoms with Gasteiger partial charge < -0.3 is 21.1 Å². The van der Waals surface area contributed by atoms with Gasteiger partial charge in [-0.05, 0) is 12.3 Å². The van der Waals surface area contributed by atoms with E-state index < -0.39 is 34.0 Å². The Morgan fingerprint density at radius 3 is 2.38 bits per heavy atom. The summed E-state index contributed by atoms with van der Waals surface area (Å²) in [4.78, 5) is 0. The highest BCUT2D eigenvalue weighted by Gasteiger charge is 2.29. The lowest BCUT2D eigenvalue weighted by Gasteiger charge is -2.29. The van der Waals surface area contributed by atoms with Gasteiger partial charge in [-0.3, -0.25) is 0 Å². The maximum absolute atomic E-state index is 11.6. The van der Waals surface area contributed by atoms with Crippen LogP contribution in [0.25, 0.3) is 0 Å². The number of sulfonamides is 1. The van der Waals surface area contributed by atoms with Gasteiger partial charge in [0.2, 0.25) is 10.0 Å². The van der Waals surface area contributed by atoms with Gasteiger partial charge >= 0.3 is 0 Å². The molecule has 7 nitrogen and oxygen atoms in total. The zero-order valence-electron chi connectivity index (χ0n) is 12.3. The average molecular weight is 324 g/mol. The number of aliphatic hydroxyl groups is 3. The lowest BCUT2D eigenvalue weighted by Crippen LogP contribution is -2.48. The smallest absolute Gasteiger partial charge is 0.214 e. The van der Waals surface area contributed by atoms with Gasteiger partial charge in [0.05, 0.1) is 24.6 Å². The van der Waals surface area contributed by atoms with Gasteiger partial charge in [0.1, 0.15) is 0 Å². The summed E-state index contributed by atoms with van der Waals surface area (Å²) in [6, 6.07) is -0.629. The molecule has 1 fully saturated rings. The van der Waals surface area contributed by atoms with Crippen molar-refractivity contribution in [3.05, 3.63) is 0 Å². The molecule has 21 heavy (non-hydrogen) atoms. The highest BCUT2D eigenvalue weighted by molar-refractivity contribution is 7.89. The Morgan fingerprint density at radius 2 is 1.81 bits per heavy atom. The van der Waals surface area contributed by atoms with E-state index in [1.807, 2.05) is 0 Å². The molecule has 1 rings (SSSR count). The van der Waals surface area contributed by atoms with Crippen LogP contribution in [-0.4, -0.2) is 60.9 Å². The summed E-state index contributed by atoms with van der Waals surface area (Å²) in [5.74, 6) is -0.174. The molecule has 1 aliphatic rings. The molecule has 0 aromatic heterocycles. The van der Waals surface area contributed by atoms with Crippen molar-refractivity contribution in [1.29, 1.82) is 0 Å². The molecule has 1 saturated carbocycles. The molecule has 8 heteroatoms. The van der Waals surface area contributed by atoms with Crippen LogP contribution >= 0.6 is 0 Å². The minimum Gasteiger partial charge on any atom is -0.395 e. The molecule has 0 aliphatic heterocycles. The van der Waals surface area contributed by atoms with Crippen molar-refractivity contribution in [2.45, 2.75) is 56.8 Å². The fraction of sp³-hybridized carbons (Fsp3) is 1.00. The molecule has 1 aliphatic carbocycles. The summed E-state index contributed by atoms with van der Waals surface area (Å²) in [5, 5.41) is 28.4. The van der Waals surface area contributed by atoms with Crippen LogP contribution in [-0.2, 0) is 10.0 Å². The zero-order chi connectivity index (χ0) is 15.9. The quantitative estimate of drug-likeness (QED) is 0.366. The predicted molar refractivity (Wildman–Crippen MR) is 80.1 cm³/mol. The second kappa shape index (κ2) is 9.02. The Kier molecular flexibility index (Phi) is 8.07. The third kappa shape index (κ3) is 7.03. The maximum Gasteiger partial charge on any atom is 0.214 e. The normalized spacial score (nSPS) is 21.9. The average Bonchev–Trinajstić information content (AvgIpc) is 2.45. The van der Waals surface area contributed by atoms with E-state index in [1.54, 1.807) is 0 Å². The SMILES string of the molecule is N[C@@H](CC1CCCCC1)[C@@H](O)[C@@H](O)CS(=O)(=O)NCCO. The fourth-order valence-electron chi connectivity index (χ4n) is 2.82. The largest absolute Gasteiger partial charge is 0.395 e. The first-order chi connectivity index (χ1) is 9.85. The van der Waals surface area contributed by atoms with Crippen molar-refractivity contribution in [2.75, 3.05) is 18.9 Å². The van der Waals surface area contributed by atoms with Crippen LogP contribution in [0.3, 0.4) is 0 Å². The van der Waals surface area contributed by atoms with E-state index in [-0.39, 0.29) is 13.2 Å². The number of rotatable bonds is 9. The van der Waals surface area contributed by atoms with Crippen molar-refractivity contribution in [3.8, 4) is 0 Å². The minimum absolute atomic E-state index is 0.112. The van der Waals surface area contributed by atoms with Crippen LogP contribution < -0.4 is 10.5 Å². The topological polar surface area (TPSA) is 133 Å². The van der Waals surface area contributed by atoms with Gasteiger partial charge in [-0.2, -0.15) is 0 Å². The lowest BCUT2D eigenvalue weighted by molar-refractivity contribution is 0.0107. The molecule has 0 amide bonds. The van der Waals surface area contributed by atoms with Crippen LogP contribution in [0.2, 0.25) is 0 Å². The van der Waals surface area contributed by atoms with E-state index in [9.17, 15) is 18.6 Å². The third-order valence-electron chi connectivity index (χ3n) is 3.99. The second-order valence-electron chi connectivity index (χ2n) is 5.86. The Bertz CT molecular complexity index is 384. The molecule has 0 saturated heterocycles. The van der Waals surface area contributed by atoms with Crippen LogP contribution in [0.4, 0.5) is 0 Å². The number of hydrogen-bond donors (Lipinski definition) is 5. The molecule has 0 aromatic rings. The van der Waals surface area contributed by atoms with Crippen molar-refractivity contribution >= 4 is 10.0 Å². The summed E-state index contributed by atoms with van der Waals surface area (Å²) in [6.07, 6.45) is 3.61. The first-order valence-electron chi connectivity index (χ1n) is 7.55. The molecule has 3 atom stereocenters. The number of hydrogen-bond acceptors (Lipinski definition) is 6. The lowest BCUT2D eigenvalue weighted by atomic mass is 9.83. The van der Waals surface area contributed by atoms with Crippen molar-refractivity contribution in [3.63, 3.8) is 0 Å². The molecular weight excluding hydrogens is 296 g/mol. The minimum atomic E-state index is -3.73. The van der Waals surface area contributed by atoms with Gasteiger partial charge in [-0.25, -0.2) is 13.1 Å². The first-order valence-corrected chi connectivity index (χ1v) is 9.21. The second-order valence-corrected chi connectivity index (χ2v) is 7.71. The molecule has 0 heterocycles. The monoisotopic (exact) mass is 324 g/mol. The fourth-order valence-corrected chi connectivity index (χ4v) is 3.98. The number of aliphatic hydroxyl groups excluding tert-OH is 3. The molecule has 0 unspecified atom stereocenters. The van der Waals surface area contributed by atoms with Gasteiger partial charge in [-0.15, -0.1) is 0 Å². The van der Waals surface area contributed by atoms with E-state index >= 15 is 0 Å². The summed E-state index contributed by atoms with van der Waals surface area (Å²) < 4.78 is 25.3. The maximum atomic E-state index is 11.6. The van der Waals surface area contributed by atoms with Crippen molar-refractivity contribution < 1.29 is 23.7 Å². The Morgan fingerprint density at radius 1 is 1.19 bits per heavy atom. The number of nitrogens with one attached hydrogen (secondary N) is 1. The summed E-state index contributed by atoms with van der Waals surface area (Å²) in [6.45, 7) is -0.432. The van der Waals surface area contributed by atoms with Gasteiger partial charge in [-0.1, -0.05) is 32.1 Å².